The van der Waals surface area contributed by atoms with Crippen LogP contribution in [-0.2, 0) is 11.8 Å². The highest BCUT2D eigenvalue weighted by atomic mass is 79.9. The molecule has 1 aromatic heterocycles. The Labute approximate surface area is 145 Å². The lowest BCUT2D eigenvalue weighted by Gasteiger charge is -2.34. The largest absolute Gasteiger partial charge is 0.379 e. The van der Waals surface area contributed by atoms with Crippen molar-refractivity contribution in [2.24, 2.45) is 7.05 Å². The second-order valence-corrected chi connectivity index (χ2v) is 6.51. The maximum atomic E-state index is 5.50. The summed E-state index contributed by atoms with van der Waals surface area (Å²) in [7, 11) is 4.09. The SMILES string of the molecule is CNCC(c1c(Br)nc(-c2ccccc2)n1C)N1CCOCC1. The second-order valence-electron chi connectivity index (χ2n) is 5.76. The minimum atomic E-state index is 0.272. The Hall–Kier alpha value is -1.21. The molecule has 1 atom stereocenters. The molecule has 1 N–H and O–H groups in total. The monoisotopic (exact) mass is 378 g/mol. The fraction of sp³-hybridized carbons (Fsp3) is 0.471. The first kappa shape index (κ1) is 16.6. The van der Waals surface area contributed by atoms with Crippen molar-refractivity contribution in [3.05, 3.63) is 40.6 Å². The lowest BCUT2D eigenvalue weighted by Crippen LogP contribution is -2.43. The Bertz CT molecular complexity index is 638. The van der Waals surface area contributed by atoms with Gasteiger partial charge in [0.25, 0.3) is 0 Å². The number of morpholine rings is 1. The van der Waals surface area contributed by atoms with Crippen LogP contribution in [0.5, 0.6) is 0 Å². The van der Waals surface area contributed by atoms with Crippen molar-refractivity contribution in [1.29, 1.82) is 0 Å². The number of hydrogen-bond donors (Lipinski definition) is 1. The summed E-state index contributed by atoms with van der Waals surface area (Å²) in [5.41, 5.74) is 2.34. The number of ether oxygens (including phenoxy) is 1. The molecule has 1 unspecified atom stereocenters. The minimum absolute atomic E-state index is 0.272. The lowest BCUT2D eigenvalue weighted by molar-refractivity contribution is 0.0150. The Morgan fingerprint density at radius 3 is 2.61 bits per heavy atom. The maximum Gasteiger partial charge on any atom is 0.141 e. The first-order chi connectivity index (χ1) is 11.2. The van der Waals surface area contributed by atoms with Crippen molar-refractivity contribution in [2.45, 2.75) is 6.04 Å². The third-order valence-corrected chi connectivity index (χ3v) is 4.91. The quantitative estimate of drug-likeness (QED) is 0.867. The summed E-state index contributed by atoms with van der Waals surface area (Å²) in [4.78, 5) is 7.24. The predicted octanol–water partition coefficient (Wildman–Crippen LogP) is 2.44. The molecule has 2 aromatic rings. The van der Waals surface area contributed by atoms with E-state index >= 15 is 0 Å². The van der Waals surface area contributed by atoms with Crippen molar-refractivity contribution in [3.63, 3.8) is 0 Å². The van der Waals surface area contributed by atoms with E-state index in [1.54, 1.807) is 0 Å². The molecular weight excluding hydrogens is 356 g/mol. The Balaban J connectivity index is 1.98. The van der Waals surface area contributed by atoms with Crippen molar-refractivity contribution < 1.29 is 4.74 Å². The van der Waals surface area contributed by atoms with Gasteiger partial charge in [0.2, 0.25) is 0 Å². The molecule has 0 spiro atoms. The zero-order valence-corrected chi connectivity index (χ0v) is 15.2. The standard InChI is InChI=1S/C17H23BrN4O/c1-19-12-14(22-8-10-23-11-9-22)15-16(18)20-17(21(15)2)13-6-4-3-5-7-13/h3-7,14,19H,8-12H2,1-2H3. The number of rotatable bonds is 5. The van der Waals surface area contributed by atoms with Crippen molar-refractivity contribution in [1.82, 2.24) is 19.8 Å². The fourth-order valence-corrected chi connectivity index (χ4v) is 3.86. The molecule has 23 heavy (non-hydrogen) atoms. The molecule has 1 aromatic carbocycles. The third kappa shape index (κ3) is 3.50. The number of benzene rings is 1. The first-order valence-electron chi connectivity index (χ1n) is 7.96. The average Bonchev–Trinajstić information content (AvgIpc) is 2.89. The molecule has 0 amide bonds. The summed E-state index contributed by atoms with van der Waals surface area (Å²) in [6, 6.07) is 10.6. The third-order valence-electron chi connectivity index (χ3n) is 4.33. The molecule has 1 fully saturated rings. The van der Waals surface area contributed by atoms with E-state index in [0.29, 0.717) is 0 Å². The van der Waals surface area contributed by atoms with Crippen LogP contribution in [-0.4, -0.2) is 54.3 Å². The van der Waals surface area contributed by atoms with Crippen LogP contribution in [0.4, 0.5) is 0 Å². The summed E-state index contributed by atoms with van der Waals surface area (Å²) in [5.74, 6) is 0.988. The molecule has 0 radical (unpaired) electrons. The van der Waals surface area contributed by atoms with Crippen LogP contribution in [0, 0.1) is 0 Å². The number of hydrogen-bond acceptors (Lipinski definition) is 4. The highest BCUT2D eigenvalue weighted by Gasteiger charge is 2.28. The molecule has 0 bridgehead atoms. The normalized spacial score (nSPS) is 17.3. The van der Waals surface area contributed by atoms with E-state index in [-0.39, 0.29) is 6.04 Å². The number of halogens is 1. The molecular formula is C17H23BrN4O. The van der Waals surface area contributed by atoms with E-state index in [4.69, 9.17) is 9.72 Å². The first-order valence-corrected chi connectivity index (χ1v) is 8.75. The number of nitrogens with zero attached hydrogens (tertiary/aromatic N) is 3. The number of imidazole rings is 1. The van der Waals surface area contributed by atoms with Crippen LogP contribution < -0.4 is 5.32 Å². The molecule has 124 valence electrons. The van der Waals surface area contributed by atoms with Crippen LogP contribution in [0.2, 0.25) is 0 Å². The van der Waals surface area contributed by atoms with Crippen molar-refractivity contribution in [3.8, 4) is 11.4 Å². The molecule has 2 heterocycles. The molecule has 3 rings (SSSR count). The predicted molar refractivity (Wildman–Crippen MR) is 95.4 cm³/mol. The van der Waals surface area contributed by atoms with Gasteiger partial charge in [0, 0.05) is 32.2 Å². The Morgan fingerprint density at radius 1 is 1.26 bits per heavy atom. The lowest BCUT2D eigenvalue weighted by atomic mass is 10.1. The highest BCUT2D eigenvalue weighted by Crippen LogP contribution is 2.32. The molecule has 5 nitrogen and oxygen atoms in total. The van der Waals surface area contributed by atoms with Gasteiger partial charge < -0.3 is 14.6 Å². The van der Waals surface area contributed by atoms with E-state index in [0.717, 1.165) is 48.8 Å². The zero-order chi connectivity index (χ0) is 16.2. The number of aromatic nitrogens is 2. The van der Waals surface area contributed by atoms with E-state index in [1.165, 1.54) is 5.69 Å². The fourth-order valence-electron chi connectivity index (χ4n) is 3.17. The number of nitrogens with one attached hydrogen (secondary N) is 1. The van der Waals surface area contributed by atoms with Gasteiger partial charge in [0.05, 0.1) is 24.9 Å². The van der Waals surface area contributed by atoms with Crippen LogP contribution in [0.25, 0.3) is 11.4 Å². The van der Waals surface area contributed by atoms with E-state index in [9.17, 15) is 0 Å². The number of likely N-dealkylation sites (N-methyl/N-ethyl adjacent to an activating group) is 1. The van der Waals surface area contributed by atoms with Gasteiger partial charge >= 0.3 is 0 Å². The second kappa shape index (κ2) is 7.57. The van der Waals surface area contributed by atoms with Gasteiger partial charge in [-0.25, -0.2) is 4.98 Å². The van der Waals surface area contributed by atoms with E-state index in [1.807, 2.05) is 25.2 Å². The molecule has 1 saturated heterocycles. The van der Waals surface area contributed by atoms with Gasteiger partial charge in [0.15, 0.2) is 0 Å². The molecule has 1 aliphatic heterocycles. The van der Waals surface area contributed by atoms with Crippen molar-refractivity contribution in [2.75, 3.05) is 39.9 Å². The van der Waals surface area contributed by atoms with Gasteiger partial charge in [-0.3, -0.25) is 4.90 Å². The molecule has 6 heteroatoms. The van der Waals surface area contributed by atoms with Crippen LogP contribution >= 0.6 is 15.9 Å². The van der Waals surface area contributed by atoms with E-state index in [2.05, 4.69) is 49.9 Å². The van der Waals surface area contributed by atoms with Gasteiger partial charge in [0.1, 0.15) is 10.4 Å². The molecule has 0 aliphatic carbocycles. The average molecular weight is 379 g/mol. The Morgan fingerprint density at radius 2 is 1.96 bits per heavy atom. The van der Waals surface area contributed by atoms with Gasteiger partial charge in [-0.1, -0.05) is 30.3 Å². The molecule has 1 aliphatic rings. The molecule has 0 saturated carbocycles. The van der Waals surface area contributed by atoms with Gasteiger partial charge in [-0.05, 0) is 23.0 Å². The maximum absolute atomic E-state index is 5.50. The van der Waals surface area contributed by atoms with E-state index < -0.39 is 0 Å². The van der Waals surface area contributed by atoms with Gasteiger partial charge in [-0.15, -0.1) is 0 Å². The Kier molecular flexibility index (Phi) is 5.48. The topological polar surface area (TPSA) is 42.3 Å². The van der Waals surface area contributed by atoms with Crippen LogP contribution in [0.3, 0.4) is 0 Å². The summed E-state index contributed by atoms with van der Waals surface area (Å²) in [5, 5.41) is 3.32. The van der Waals surface area contributed by atoms with Gasteiger partial charge in [-0.2, -0.15) is 0 Å². The smallest absolute Gasteiger partial charge is 0.141 e. The summed E-state index contributed by atoms with van der Waals surface area (Å²) >= 11 is 3.68. The minimum Gasteiger partial charge on any atom is -0.379 e. The van der Waals surface area contributed by atoms with Crippen molar-refractivity contribution >= 4 is 15.9 Å². The highest BCUT2D eigenvalue weighted by molar-refractivity contribution is 9.10. The summed E-state index contributed by atoms with van der Waals surface area (Å²) < 4.78 is 8.63. The summed E-state index contributed by atoms with van der Waals surface area (Å²) in [6.07, 6.45) is 0. The summed E-state index contributed by atoms with van der Waals surface area (Å²) in [6.45, 7) is 4.37. The zero-order valence-electron chi connectivity index (χ0n) is 13.6. The van der Waals surface area contributed by atoms with Crippen LogP contribution in [0.1, 0.15) is 11.7 Å². The van der Waals surface area contributed by atoms with Crippen LogP contribution in [0.15, 0.2) is 34.9 Å².